The Hall–Kier alpha value is -1.10. The van der Waals surface area contributed by atoms with E-state index in [0.717, 1.165) is 18.8 Å². The predicted octanol–water partition coefficient (Wildman–Crippen LogP) is 2.69. The SMILES string of the molecule is CCOc1ccccc1C(CN)N(CCOC)CC(C)C. The second-order valence-corrected chi connectivity index (χ2v) is 5.60. The van der Waals surface area contributed by atoms with E-state index in [2.05, 4.69) is 24.8 Å². The molecule has 0 fully saturated rings. The molecule has 1 rings (SSSR count). The summed E-state index contributed by atoms with van der Waals surface area (Å²) in [5.74, 6) is 1.51. The van der Waals surface area contributed by atoms with Crippen molar-refractivity contribution in [3.8, 4) is 5.75 Å². The third kappa shape index (κ3) is 5.65. The Morgan fingerprint density at radius 1 is 1.24 bits per heavy atom. The Labute approximate surface area is 129 Å². The largest absolute Gasteiger partial charge is 0.494 e. The van der Waals surface area contributed by atoms with Crippen LogP contribution in [-0.2, 0) is 4.74 Å². The van der Waals surface area contributed by atoms with E-state index in [4.69, 9.17) is 15.2 Å². The molecule has 0 spiro atoms. The molecule has 21 heavy (non-hydrogen) atoms. The zero-order valence-electron chi connectivity index (χ0n) is 13.8. The first-order valence-corrected chi connectivity index (χ1v) is 7.78. The molecule has 120 valence electrons. The highest BCUT2D eigenvalue weighted by Crippen LogP contribution is 2.29. The fourth-order valence-electron chi connectivity index (χ4n) is 2.57. The number of hydrogen-bond acceptors (Lipinski definition) is 4. The van der Waals surface area contributed by atoms with Crippen LogP contribution in [0.2, 0.25) is 0 Å². The van der Waals surface area contributed by atoms with E-state index in [-0.39, 0.29) is 6.04 Å². The van der Waals surface area contributed by atoms with E-state index in [1.165, 1.54) is 5.56 Å². The highest BCUT2D eigenvalue weighted by atomic mass is 16.5. The Balaban J connectivity index is 3.00. The van der Waals surface area contributed by atoms with Gasteiger partial charge in [-0.15, -0.1) is 0 Å². The molecule has 0 saturated heterocycles. The number of nitrogens with zero attached hydrogens (tertiary/aromatic N) is 1. The molecule has 1 atom stereocenters. The summed E-state index contributed by atoms with van der Waals surface area (Å²) in [5, 5.41) is 0. The minimum atomic E-state index is 0.158. The van der Waals surface area contributed by atoms with Crippen LogP contribution in [0.5, 0.6) is 5.75 Å². The van der Waals surface area contributed by atoms with Crippen LogP contribution in [-0.4, -0.2) is 44.9 Å². The Morgan fingerprint density at radius 3 is 2.52 bits per heavy atom. The standard InChI is InChI=1S/C17H30N2O2/c1-5-21-17-9-7-6-8-15(17)16(12-18)19(10-11-20-4)13-14(2)3/h6-9,14,16H,5,10-13,18H2,1-4H3. The molecule has 4 heteroatoms. The molecule has 1 aromatic rings. The first kappa shape index (κ1) is 18.0. The van der Waals surface area contributed by atoms with E-state index in [1.807, 2.05) is 25.1 Å². The molecule has 1 aromatic carbocycles. The number of benzene rings is 1. The fourth-order valence-corrected chi connectivity index (χ4v) is 2.57. The summed E-state index contributed by atoms with van der Waals surface area (Å²) in [4.78, 5) is 2.39. The maximum atomic E-state index is 6.08. The molecule has 0 amide bonds. The number of rotatable bonds is 10. The van der Waals surface area contributed by atoms with Crippen LogP contribution >= 0.6 is 0 Å². The first-order chi connectivity index (χ1) is 10.1. The van der Waals surface area contributed by atoms with Crippen LogP contribution in [0.3, 0.4) is 0 Å². The highest BCUT2D eigenvalue weighted by Gasteiger charge is 2.22. The van der Waals surface area contributed by atoms with Crippen LogP contribution < -0.4 is 10.5 Å². The average Bonchev–Trinajstić information content (AvgIpc) is 2.46. The van der Waals surface area contributed by atoms with Crippen molar-refractivity contribution in [3.63, 3.8) is 0 Å². The summed E-state index contributed by atoms with van der Waals surface area (Å²) in [5.41, 5.74) is 7.25. The van der Waals surface area contributed by atoms with Crippen molar-refractivity contribution in [2.75, 3.05) is 40.0 Å². The molecule has 0 radical (unpaired) electrons. The number of hydrogen-bond donors (Lipinski definition) is 1. The molecule has 0 aliphatic rings. The van der Waals surface area contributed by atoms with E-state index in [9.17, 15) is 0 Å². The van der Waals surface area contributed by atoms with Crippen molar-refractivity contribution >= 4 is 0 Å². The van der Waals surface area contributed by atoms with E-state index < -0.39 is 0 Å². The molecule has 0 aromatic heterocycles. The number of para-hydroxylation sites is 1. The van der Waals surface area contributed by atoms with Crippen molar-refractivity contribution < 1.29 is 9.47 Å². The van der Waals surface area contributed by atoms with Gasteiger partial charge in [0.1, 0.15) is 5.75 Å². The van der Waals surface area contributed by atoms with E-state index in [0.29, 0.717) is 25.7 Å². The summed E-state index contributed by atoms with van der Waals surface area (Å²) in [6.45, 7) is 10.3. The van der Waals surface area contributed by atoms with Crippen LogP contribution in [0.15, 0.2) is 24.3 Å². The van der Waals surface area contributed by atoms with Crippen LogP contribution in [0.4, 0.5) is 0 Å². The van der Waals surface area contributed by atoms with Gasteiger partial charge in [0, 0.05) is 32.3 Å². The summed E-state index contributed by atoms with van der Waals surface area (Å²) in [6.07, 6.45) is 0. The molecule has 2 N–H and O–H groups in total. The molecule has 0 saturated carbocycles. The summed E-state index contributed by atoms with van der Waals surface area (Å²) in [7, 11) is 1.74. The topological polar surface area (TPSA) is 47.7 Å². The Bertz CT molecular complexity index is 396. The van der Waals surface area contributed by atoms with E-state index in [1.54, 1.807) is 7.11 Å². The summed E-state index contributed by atoms with van der Waals surface area (Å²) in [6, 6.07) is 8.34. The lowest BCUT2D eigenvalue weighted by Gasteiger charge is -2.33. The molecule has 4 nitrogen and oxygen atoms in total. The maximum Gasteiger partial charge on any atom is 0.124 e. The van der Waals surface area contributed by atoms with Gasteiger partial charge in [-0.25, -0.2) is 0 Å². The predicted molar refractivity (Wildman–Crippen MR) is 87.7 cm³/mol. The molecular weight excluding hydrogens is 264 g/mol. The van der Waals surface area contributed by atoms with Gasteiger partial charge in [0.2, 0.25) is 0 Å². The molecule has 0 heterocycles. The quantitative estimate of drug-likeness (QED) is 0.721. The normalized spacial score (nSPS) is 12.9. The lowest BCUT2D eigenvalue weighted by molar-refractivity contribution is 0.110. The van der Waals surface area contributed by atoms with Crippen molar-refractivity contribution in [1.82, 2.24) is 4.90 Å². The van der Waals surface area contributed by atoms with Crippen molar-refractivity contribution in [2.24, 2.45) is 11.7 Å². The van der Waals surface area contributed by atoms with Crippen LogP contribution in [0.25, 0.3) is 0 Å². The molecular formula is C17H30N2O2. The zero-order chi connectivity index (χ0) is 15.7. The Kier molecular flexibility index (Phi) is 8.35. The molecule has 0 aliphatic heterocycles. The van der Waals surface area contributed by atoms with Gasteiger partial charge in [0.05, 0.1) is 19.3 Å². The van der Waals surface area contributed by atoms with Gasteiger partial charge in [0.25, 0.3) is 0 Å². The zero-order valence-corrected chi connectivity index (χ0v) is 13.8. The van der Waals surface area contributed by atoms with Crippen molar-refractivity contribution in [3.05, 3.63) is 29.8 Å². The van der Waals surface area contributed by atoms with Gasteiger partial charge < -0.3 is 15.2 Å². The Morgan fingerprint density at radius 2 is 1.95 bits per heavy atom. The second kappa shape index (κ2) is 9.77. The number of methoxy groups -OCH3 is 1. The number of nitrogens with two attached hydrogens (primary N) is 1. The average molecular weight is 294 g/mol. The van der Waals surface area contributed by atoms with Gasteiger partial charge in [-0.3, -0.25) is 4.90 Å². The van der Waals surface area contributed by atoms with Crippen molar-refractivity contribution in [2.45, 2.75) is 26.8 Å². The lowest BCUT2D eigenvalue weighted by atomic mass is 10.0. The monoisotopic (exact) mass is 294 g/mol. The fraction of sp³-hybridized carbons (Fsp3) is 0.647. The second-order valence-electron chi connectivity index (χ2n) is 5.60. The highest BCUT2D eigenvalue weighted by molar-refractivity contribution is 5.36. The third-order valence-corrected chi connectivity index (χ3v) is 3.42. The van der Waals surface area contributed by atoms with Gasteiger partial charge in [-0.2, -0.15) is 0 Å². The van der Waals surface area contributed by atoms with Gasteiger partial charge in [0.15, 0.2) is 0 Å². The smallest absolute Gasteiger partial charge is 0.124 e. The van der Waals surface area contributed by atoms with Crippen LogP contribution in [0.1, 0.15) is 32.4 Å². The number of ether oxygens (including phenoxy) is 2. The molecule has 0 aliphatic carbocycles. The minimum Gasteiger partial charge on any atom is -0.494 e. The first-order valence-electron chi connectivity index (χ1n) is 7.78. The third-order valence-electron chi connectivity index (χ3n) is 3.42. The minimum absolute atomic E-state index is 0.158. The lowest BCUT2D eigenvalue weighted by Crippen LogP contribution is -2.38. The van der Waals surface area contributed by atoms with Gasteiger partial charge in [-0.05, 0) is 18.9 Å². The summed E-state index contributed by atoms with van der Waals surface area (Å²) < 4.78 is 11.0. The van der Waals surface area contributed by atoms with Gasteiger partial charge >= 0.3 is 0 Å². The van der Waals surface area contributed by atoms with Crippen molar-refractivity contribution in [1.29, 1.82) is 0 Å². The summed E-state index contributed by atoms with van der Waals surface area (Å²) >= 11 is 0. The van der Waals surface area contributed by atoms with Gasteiger partial charge in [-0.1, -0.05) is 32.0 Å². The van der Waals surface area contributed by atoms with Crippen LogP contribution in [0, 0.1) is 5.92 Å². The van der Waals surface area contributed by atoms with E-state index >= 15 is 0 Å². The molecule has 1 unspecified atom stereocenters. The molecule has 0 bridgehead atoms. The maximum absolute atomic E-state index is 6.08.